The van der Waals surface area contributed by atoms with Crippen LogP contribution in [0.2, 0.25) is 0 Å². The fourth-order valence-corrected chi connectivity index (χ4v) is 2.36. The van der Waals surface area contributed by atoms with Gasteiger partial charge < -0.3 is 15.2 Å². The summed E-state index contributed by atoms with van der Waals surface area (Å²) in [5.74, 6) is 1.93. The molecule has 2 aromatic rings. The fraction of sp³-hybridized carbons (Fsp3) is 0.438. The van der Waals surface area contributed by atoms with Gasteiger partial charge in [0.15, 0.2) is 0 Å². The van der Waals surface area contributed by atoms with Gasteiger partial charge in [0.1, 0.15) is 11.5 Å². The van der Waals surface area contributed by atoms with Crippen LogP contribution in [0.5, 0.6) is 11.5 Å². The normalized spacial score (nSPS) is 12.5. The second kappa shape index (κ2) is 6.63. The van der Waals surface area contributed by atoms with Gasteiger partial charge in [0.2, 0.25) is 0 Å². The van der Waals surface area contributed by atoms with Gasteiger partial charge in [0, 0.05) is 29.8 Å². The smallest absolute Gasteiger partial charge is 0.126 e. The molecule has 114 valence electrons. The van der Waals surface area contributed by atoms with Crippen LogP contribution in [0, 0.1) is 0 Å². The van der Waals surface area contributed by atoms with E-state index in [1.54, 1.807) is 14.2 Å². The van der Waals surface area contributed by atoms with Crippen LogP contribution in [0.15, 0.2) is 24.3 Å². The largest absolute Gasteiger partial charge is 0.497 e. The molecule has 1 heterocycles. The molecule has 0 saturated carbocycles. The Hall–Kier alpha value is -2.01. The Morgan fingerprint density at radius 2 is 1.95 bits per heavy atom. The predicted octanol–water partition coefficient (Wildman–Crippen LogP) is 2.64. The van der Waals surface area contributed by atoms with Gasteiger partial charge in [-0.1, -0.05) is 19.9 Å². The Morgan fingerprint density at radius 3 is 2.48 bits per heavy atom. The average Bonchev–Trinajstić information content (AvgIpc) is 2.98. The molecular formula is C16H23N3O2. The summed E-state index contributed by atoms with van der Waals surface area (Å²) in [4.78, 5) is 0. The SMILES string of the molecule is COc1ccc(C(CN)c2cc(C(C)C)n[nH]2)c(OC)c1. The molecule has 0 bridgehead atoms. The topological polar surface area (TPSA) is 73.2 Å². The van der Waals surface area contributed by atoms with Crippen molar-refractivity contribution in [1.29, 1.82) is 0 Å². The van der Waals surface area contributed by atoms with E-state index in [9.17, 15) is 0 Å². The molecule has 0 radical (unpaired) electrons. The lowest BCUT2D eigenvalue weighted by atomic mass is 9.94. The van der Waals surface area contributed by atoms with Crippen molar-refractivity contribution in [2.45, 2.75) is 25.7 Å². The highest BCUT2D eigenvalue weighted by Crippen LogP contribution is 2.33. The maximum Gasteiger partial charge on any atom is 0.126 e. The van der Waals surface area contributed by atoms with Crippen LogP contribution in [-0.4, -0.2) is 31.0 Å². The molecule has 1 unspecified atom stereocenters. The number of rotatable bonds is 6. The van der Waals surface area contributed by atoms with E-state index in [0.717, 1.165) is 28.5 Å². The van der Waals surface area contributed by atoms with Gasteiger partial charge in [0.05, 0.1) is 19.9 Å². The molecule has 0 aliphatic carbocycles. The standard InChI is InChI=1S/C16H23N3O2/c1-10(2)14-8-15(19-18-14)13(9-17)12-6-5-11(20-3)7-16(12)21-4/h5-8,10,13H,9,17H2,1-4H3,(H,18,19). The second-order valence-corrected chi connectivity index (χ2v) is 5.30. The minimum Gasteiger partial charge on any atom is -0.497 e. The minimum absolute atomic E-state index is 0.0193. The van der Waals surface area contributed by atoms with Crippen LogP contribution >= 0.6 is 0 Å². The average molecular weight is 289 g/mol. The highest BCUT2D eigenvalue weighted by molar-refractivity contribution is 5.45. The molecule has 2 rings (SSSR count). The number of nitrogens with zero attached hydrogens (tertiary/aromatic N) is 1. The van der Waals surface area contributed by atoms with Crippen molar-refractivity contribution in [1.82, 2.24) is 10.2 Å². The number of H-pyrrole nitrogens is 1. The van der Waals surface area contributed by atoms with Gasteiger partial charge >= 0.3 is 0 Å². The quantitative estimate of drug-likeness (QED) is 0.857. The maximum absolute atomic E-state index is 5.98. The van der Waals surface area contributed by atoms with Crippen molar-refractivity contribution < 1.29 is 9.47 Å². The lowest BCUT2D eigenvalue weighted by molar-refractivity contribution is 0.389. The Balaban J connectivity index is 2.40. The summed E-state index contributed by atoms with van der Waals surface area (Å²) >= 11 is 0. The summed E-state index contributed by atoms with van der Waals surface area (Å²) in [5.41, 5.74) is 9.05. The Labute approximate surface area is 125 Å². The number of hydrogen-bond acceptors (Lipinski definition) is 4. The Bertz CT molecular complexity index is 593. The van der Waals surface area contributed by atoms with E-state index in [1.165, 1.54) is 0 Å². The van der Waals surface area contributed by atoms with Crippen molar-refractivity contribution >= 4 is 0 Å². The van der Waals surface area contributed by atoms with E-state index >= 15 is 0 Å². The first-order valence-electron chi connectivity index (χ1n) is 7.07. The molecule has 1 aromatic heterocycles. The first-order valence-corrected chi connectivity index (χ1v) is 7.07. The number of benzene rings is 1. The first-order chi connectivity index (χ1) is 10.1. The molecule has 5 nitrogen and oxygen atoms in total. The lowest BCUT2D eigenvalue weighted by Crippen LogP contribution is -2.15. The third-order valence-corrected chi connectivity index (χ3v) is 3.64. The molecule has 21 heavy (non-hydrogen) atoms. The summed E-state index contributed by atoms with van der Waals surface area (Å²) in [5, 5.41) is 7.45. The summed E-state index contributed by atoms with van der Waals surface area (Å²) < 4.78 is 10.7. The Morgan fingerprint density at radius 1 is 1.19 bits per heavy atom. The molecule has 0 amide bonds. The van der Waals surface area contributed by atoms with Crippen molar-refractivity contribution in [3.8, 4) is 11.5 Å². The minimum atomic E-state index is 0.0193. The highest BCUT2D eigenvalue weighted by Gasteiger charge is 2.20. The van der Waals surface area contributed by atoms with Gasteiger partial charge in [0.25, 0.3) is 0 Å². The van der Waals surface area contributed by atoms with Crippen LogP contribution in [0.25, 0.3) is 0 Å². The highest BCUT2D eigenvalue weighted by atomic mass is 16.5. The van der Waals surface area contributed by atoms with Crippen LogP contribution in [-0.2, 0) is 0 Å². The number of nitrogens with two attached hydrogens (primary N) is 1. The molecule has 1 atom stereocenters. The molecule has 1 aromatic carbocycles. The summed E-state index contributed by atoms with van der Waals surface area (Å²) in [6.07, 6.45) is 0. The number of aromatic amines is 1. The summed E-state index contributed by atoms with van der Waals surface area (Å²) in [6, 6.07) is 7.86. The van der Waals surface area contributed by atoms with E-state index in [4.69, 9.17) is 15.2 Å². The number of hydrogen-bond donors (Lipinski definition) is 2. The lowest BCUT2D eigenvalue weighted by Gasteiger charge is -2.17. The van der Waals surface area contributed by atoms with Crippen molar-refractivity contribution in [3.63, 3.8) is 0 Å². The predicted molar refractivity (Wildman–Crippen MR) is 83.1 cm³/mol. The zero-order chi connectivity index (χ0) is 15.4. The molecular weight excluding hydrogens is 266 g/mol. The molecule has 3 N–H and O–H groups in total. The number of nitrogens with one attached hydrogen (secondary N) is 1. The van der Waals surface area contributed by atoms with Crippen LogP contribution in [0.4, 0.5) is 0 Å². The van der Waals surface area contributed by atoms with E-state index in [0.29, 0.717) is 12.5 Å². The number of aromatic nitrogens is 2. The van der Waals surface area contributed by atoms with Gasteiger partial charge in [-0.25, -0.2) is 0 Å². The van der Waals surface area contributed by atoms with Crippen molar-refractivity contribution in [2.24, 2.45) is 5.73 Å². The van der Waals surface area contributed by atoms with Crippen molar-refractivity contribution in [2.75, 3.05) is 20.8 Å². The number of methoxy groups -OCH3 is 2. The Kier molecular flexibility index (Phi) is 4.85. The van der Waals surface area contributed by atoms with Gasteiger partial charge in [-0.3, -0.25) is 5.10 Å². The fourth-order valence-electron chi connectivity index (χ4n) is 2.36. The zero-order valence-electron chi connectivity index (χ0n) is 13.0. The molecule has 0 saturated heterocycles. The van der Waals surface area contributed by atoms with Crippen LogP contribution in [0.3, 0.4) is 0 Å². The molecule has 5 heteroatoms. The van der Waals surface area contributed by atoms with Gasteiger partial charge in [-0.05, 0) is 18.1 Å². The summed E-state index contributed by atoms with van der Waals surface area (Å²) in [7, 11) is 3.29. The monoisotopic (exact) mass is 289 g/mol. The van der Waals surface area contributed by atoms with E-state index in [-0.39, 0.29) is 5.92 Å². The third kappa shape index (κ3) is 3.19. The molecule has 0 fully saturated rings. The number of ether oxygens (including phenoxy) is 2. The molecule has 0 aliphatic heterocycles. The second-order valence-electron chi connectivity index (χ2n) is 5.30. The van der Waals surface area contributed by atoms with E-state index < -0.39 is 0 Å². The van der Waals surface area contributed by atoms with Gasteiger partial charge in [-0.15, -0.1) is 0 Å². The zero-order valence-corrected chi connectivity index (χ0v) is 13.0. The van der Waals surface area contributed by atoms with E-state index in [1.807, 2.05) is 18.2 Å². The van der Waals surface area contributed by atoms with Crippen molar-refractivity contribution in [3.05, 3.63) is 41.2 Å². The molecule has 0 aliphatic rings. The first kappa shape index (κ1) is 15.4. The maximum atomic E-state index is 5.98. The van der Waals surface area contributed by atoms with Crippen LogP contribution in [0.1, 0.15) is 42.6 Å². The molecule has 0 spiro atoms. The third-order valence-electron chi connectivity index (χ3n) is 3.64. The van der Waals surface area contributed by atoms with E-state index in [2.05, 4.69) is 30.1 Å². The van der Waals surface area contributed by atoms with Gasteiger partial charge in [-0.2, -0.15) is 5.10 Å². The summed E-state index contributed by atoms with van der Waals surface area (Å²) in [6.45, 7) is 4.71. The van der Waals surface area contributed by atoms with Crippen LogP contribution < -0.4 is 15.2 Å².